The number of fused-ring (bicyclic) bond motifs is 1. The summed E-state index contributed by atoms with van der Waals surface area (Å²) in [5.41, 5.74) is 0. The van der Waals surface area contributed by atoms with Gasteiger partial charge in [-0.1, -0.05) is 36.4 Å². The highest BCUT2D eigenvalue weighted by Crippen LogP contribution is 2.27. The van der Waals surface area contributed by atoms with E-state index in [2.05, 4.69) is 0 Å². The van der Waals surface area contributed by atoms with Crippen LogP contribution < -0.4 is 0 Å². The van der Waals surface area contributed by atoms with E-state index >= 15 is 0 Å². The summed E-state index contributed by atoms with van der Waals surface area (Å²) in [4.78, 5) is 0.433. The zero-order chi connectivity index (χ0) is 12.6. The minimum atomic E-state index is -3.33. The normalized spacial score (nSPS) is 17.3. The molecule has 1 fully saturated rings. The van der Waals surface area contributed by atoms with Crippen LogP contribution in [-0.4, -0.2) is 25.8 Å². The van der Waals surface area contributed by atoms with E-state index in [1.165, 1.54) is 0 Å². The van der Waals surface area contributed by atoms with E-state index in [4.69, 9.17) is 0 Å². The van der Waals surface area contributed by atoms with Crippen LogP contribution in [0, 0.1) is 0 Å². The van der Waals surface area contributed by atoms with Gasteiger partial charge in [-0.3, -0.25) is 0 Å². The molecule has 1 heterocycles. The van der Waals surface area contributed by atoms with Crippen LogP contribution in [0.15, 0.2) is 47.4 Å². The molecule has 0 spiro atoms. The van der Waals surface area contributed by atoms with Crippen LogP contribution in [0.4, 0.5) is 0 Å². The van der Waals surface area contributed by atoms with Crippen molar-refractivity contribution in [2.45, 2.75) is 17.7 Å². The van der Waals surface area contributed by atoms with Crippen molar-refractivity contribution in [1.82, 2.24) is 4.31 Å². The highest BCUT2D eigenvalue weighted by molar-refractivity contribution is 7.89. The smallest absolute Gasteiger partial charge is 0.207 e. The van der Waals surface area contributed by atoms with E-state index in [1.54, 1.807) is 10.4 Å². The summed E-state index contributed by atoms with van der Waals surface area (Å²) < 4.78 is 26.7. The predicted octanol–water partition coefficient (Wildman–Crippen LogP) is 2.62. The minimum Gasteiger partial charge on any atom is -0.207 e. The first kappa shape index (κ1) is 11.7. The van der Waals surface area contributed by atoms with Crippen LogP contribution >= 0.6 is 0 Å². The van der Waals surface area contributed by atoms with Gasteiger partial charge >= 0.3 is 0 Å². The van der Waals surface area contributed by atoms with Crippen LogP contribution in [0.25, 0.3) is 10.8 Å². The second-order valence-electron chi connectivity index (χ2n) is 4.59. The lowest BCUT2D eigenvalue weighted by Gasteiger charge is -2.16. The fourth-order valence-corrected chi connectivity index (χ4v) is 4.22. The van der Waals surface area contributed by atoms with Gasteiger partial charge in [0.2, 0.25) is 10.0 Å². The summed E-state index contributed by atoms with van der Waals surface area (Å²) in [5, 5.41) is 1.78. The average molecular weight is 261 g/mol. The zero-order valence-electron chi connectivity index (χ0n) is 10.0. The molecule has 2 aromatic carbocycles. The molecule has 0 unspecified atom stereocenters. The number of nitrogens with zero attached hydrogens (tertiary/aromatic N) is 1. The Labute approximate surface area is 107 Å². The SMILES string of the molecule is O=S(=O)(c1cccc2ccccc12)N1CCCC1. The van der Waals surface area contributed by atoms with Gasteiger partial charge < -0.3 is 0 Å². The zero-order valence-corrected chi connectivity index (χ0v) is 10.9. The summed E-state index contributed by atoms with van der Waals surface area (Å²) in [5.74, 6) is 0. The number of hydrogen-bond donors (Lipinski definition) is 0. The van der Waals surface area contributed by atoms with Gasteiger partial charge in [0.1, 0.15) is 0 Å². The van der Waals surface area contributed by atoms with Crippen LogP contribution in [0.1, 0.15) is 12.8 Å². The van der Waals surface area contributed by atoms with E-state index in [-0.39, 0.29) is 0 Å². The van der Waals surface area contributed by atoms with Gasteiger partial charge in [0.25, 0.3) is 0 Å². The molecule has 18 heavy (non-hydrogen) atoms. The van der Waals surface area contributed by atoms with Crippen molar-refractivity contribution >= 4 is 20.8 Å². The summed E-state index contributed by atoms with van der Waals surface area (Å²) >= 11 is 0. The second-order valence-corrected chi connectivity index (χ2v) is 6.49. The average Bonchev–Trinajstić information content (AvgIpc) is 2.92. The first-order valence-corrected chi connectivity index (χ1v) is 7.61. The van der Waals surface area contributed by atoms with Crippen LogP contribution in [-0.2, 0) is 10.0 Å². The van der Waals surface area contributed by atoms with Gasteiger partial charge in [-0.15, -0.1) is 0 Å². The van der Waals surface area contributed by atoms with Gasteiger partial charge in [0.05, 0.1) is 4.90 Å². The molecule has 0 atom stereocenters. The standard InChI is InChI=1S/C14H15NO2S/c16-18(17,15-10-3-4-11-15)14-9-5-7-12-6-1-2-8-13(12)14/h1-2,5-9H,3-4,10-11H2. The van der Waals surface area contributed by atoms with Gasteiger partial charge in [-0.25, -0.2) is 8.42 Å². The van der Waals surface area contributed by atoms with Crippen molar-refractivity contribution in [3.05, 3.63) is 42.5 Å². The number of hydrogen-bond acceptors (Lipinski definition) is 2. The molecule has 0 aromatic heterocycles. The van der Waals surface area contributed by atoms with Crippen molar-refractivity contribution in [3.8, 4) is 0 Å². The van der Waals surface area contributed by atoms with Crippen LogP contribution in [0.3, 0.4) is 0 Å². The third-order valence-corrected chi connectivity index (χ3v) is 5.39. The largest absolute Gasteiger partial charge is 0.243 e. The fourth-order valence-electron chi connectivity index (χ4n) is 2.49. The van der Waals surface area contributed by atoms with Gasteiger partial charge in [-0.2, -0.15) is 4.31 Å². The molecular formula is C14H15NO2S. The third-order valence-electron chi connectivity index (χ3n) is 3.43. The molecule has 1 aliphatic rings. The Hall–Kier alpha value is -1.39. The lowest BCUT2D eigenvalue weighted by molar-refractivity contribution is 0.478. The maximum atomic E-state index is 12.6. The summed E-state index contributed by atoms with van der Waals surface area (Å²) in [6.45, 7) is 1.29. The molecule has 0 radical (unpaired) electrons. The van der Waals surface area contributed by atoms with Crippen molar-refractivity contribution in [1.29, 1.82) is 0 Å². The maximum Gasteiger partial charge on any atom is 0.243 e. The minimum absolute atomic E-state index is 0.433. The molecule has 4 heteroatoms. The Balaban J connectivity index is 2.19. The van der Waals surface area contributed by atoms with Crippen molar-refractivity contribution in [3.63, 3.8) is 0 Å². The Kier molecular flexibility index (Phi) is 2.84. The molecule has 0 saturated carbocycles. The van der Waals surface area contributed by atoms with Crippen molar-refractivity contribution in [2.24, 2.45) is 0 Å². The molecule has 1 aliphatic heterocycles. The number of sulfonamides is 1. The first-order chi connectivity index (χ1) is 8.69. The Bertz CT molecular complexity index is 668. The van der Waals surface area contributed by atoms with Gasteiger partial charge in [-0.05, 0) is 24.3 Å². The van der Waals surface area contributed by atoms with Crippen molar-refractivity contribution < 1.29 is 8.42 Å². The Morgan fingerprint density at radius 2 is 1.56 bits per heavy atom. The van der Waals surface area contributed by atoms with E-state index in [1.807, 2.05) is 36.4 Å². The first-order valence-electron chi connectivity index (χ1n) is 6.17. The van der Waals surface area contributed by atoms with E-state index in [0.29, 0.717) is 18.0 Å². The highest BCUT2D eigenvalue weighted by atomic mass is 32.2. The van der Waals surface area contributed by atoms with Crippen LogP contribution in [0.2, 0.25) is 0 Å². The Morgan fingerprint density at radius 1 is 0.889 bits per heavy atom. The van der Waals surface area contributed by atoms with E-state index in [9.17, 15) is 8.42 Å². The monoisotopic (exact) mass is 261 g/mol. The summed E-state index contributed by atoms with van der Waals surface area (Å²) in [7, 11) is -3.33. The quantitative estimate of drug-likeness (QED) is 0.833. The lowest BCUT2D eigenvalue weighted by atomic mass is 10.1. The number of benzene rings is 2. The predicted molar refractivity (Wildman–Crippen MR) is 71.9 cm³/mol. The summed E-state index contributed by atoms with van der Waals surface area (Å²) in [6, 6.07) is 13.1. The number of rotatable bonds is 2. The molecule has 0 N–H and O–H groups in total. The molecule has 0 aliphatic carbocycles. The highest BCUT2D eigenvalue weighted by Gasteiger charge is 2.28. The fraction of sp³-hybridized carbons (Fsp3) is 0.286. The third kappa shape index (κ3) is 1.82. The molecule has 2 aromatic rings. The molecule has 0 amide bonds. The Morgan fingerprint density at radius 3 is 2.33 bits per heavy atom. The van der Waals surface area contributed by atoms with Gasteiger partial charge in [0, 0.05) is 18.5 Å². The second kappa shape index (κ2) is 4.37. The molecular weight excluding hydrogens is 246 g/mol. The molecule has 0 bridgehead atoms. The summed E-state index contributed by atoms with van der Waals surface area (Å²) in [6.07, 6.45) is 1.92. The van der Waals surface area contributed by atoms with Crippen molar-refractivity contribution in [2.75, 3.05) is 13.1 Å². The molecule has 3 rings (SSSR count). The van der Waals surface area contributed by atoms with E-state index in [0.717, 1.165) is 23.6 Å². The van der Waals surface area contributed by atoms with E-state index < -0.39 is 10.0 Å². The van der Waals surface area contributed by atoms with Crippen LogP contribution in [0.5, 0.6) is 0 Å². The van der Waals surface area contributed by atoms with Gasteiger partial charge in [0.15, 0.2) is 0 Å². The lowest BCUT2D eigenvalue weighted by Crippen LogP contribution is -2.27. The topological polar surface area (TPSA) is 37.4 Å². The molecule has 94 valence electrons. The maximum absolute atomic E-state index is 12.6. The molecule has 1 saturated heterocycles. The molecule has 3 nitrogen and oxygen atoms in total.